The van der Waals surface area contributed by atoms with Gasteiger partial charge in [0.05, 0.1) is 17.4 Å². The summed E-state index contributed by atoms with van der Waals surface area (Å²) in [5.41, 5.74) is 1.48. The van der Waals surface area contributed by atoms with Crippen molar-refractivity contribution < 1.29 is 4.79 Å². The third-order valence-corrected chi connectivity index (χ3v) is 4.84. The standard InChI is InChI=1S/C18H23ClN4O/c1-20-8-5-14-6-9-22(10-7-14)18(24)15-12-21-23(13-15)17-4-2-3-16(19)11-17/h2-4,11-14,20H,5-10H2,1H3. The van der Waals surface area contributed by atoms with Crippen LogP contribution in [-0.2, 0) is 0 Å². The van der Waals surface area contributed by atoms with Gasteiger partial charge in [0.2, 0.25) is 0 Å². The molecule has 2 aromatic rings. The Kier molecular flexibility index (Phi) is 5.53. The minimum absolute atomic E-state index is 0.0651. The molecule has 24 heavy (non-hydrogen) atoms. The minimum Gasteiger partial charge on any atom is -0.339 e. The molecule has 0 atom stereocenters. The zero-order valence-corrected chi connectivity index (χ0v) is 14.7. The molecule has 1 saturated heterocycles. The molecule has 0 radical (unpaired) electrons. The zero-order chi connectivity index (χ0) is 16.9. The van der Waals surface area contributed by atoms with E-state index in [4.69, 9.17) is 11.6 Å². The largest absolute Gasteiger partial charge is 0.339 e. The van der Waals surface area contributed by atoms with E-state index < -0.39 is 0 Å². The quantitative estimate of drug-likeness (QED) is 0.905. The van der Waals surface area contributed by atoms with Crippen molar-refractivity contribution in [2.75, 3.05) is 26.7 Å². The molecule has 1 N–H and O–H groups in total. The van der Waals surface area contributed by atoms with Gasteiger partial charge in [0, 0.05) is 24.3 Å². The number of halogens is 1. The minimum atomic E-state index is 0.0651. The number of hydrogen-bond acceptors (Lipinski definition) is 3. The number of nitrogens with one attached hydrogen (secondary N) is 1. The van der Waals surface area contributed by atoms with Crippen LogP contribution >= 0.6 is 11.6 Å². The number of carbonyl (C=O) groups is 1. The Morgan fingerprint density at radius 3 is 2.88 bits per heavy atom. The van der Waals surface area contributed by atoms with Gasteiger partial charge in [-0.25, -0.2) is 4.68 Å². The first-order chi connectivity index (χ1) is 11.7. The van der Waals surface area contributed by atoms with Gasteiger partial charge in [0.1, 0.15) is 0 Å². The lowest BCUT2D eigenvalue weighted by atomic mass is 9.93. The maximum atomic E-state index is 12.7. The van der Waals surface area contributed by atoms with E-state index in [0.717, 1.165) is 44.1 Å². The SMILES string of the molecule is CNCCC1CCN(C(=O)c2cnn(-c3cccc(Cl)c3)c2)CC1. The molecule has 0 spiro atoms. The van der Waals surface area contributed by atoms with Crippen molar-refractivity contribution in [2.45, 2.75) is 19.3 Å². The monoisotopic (exact) mass is 346 g/mol. The fraction of sp³-hybridized carbons (Fsp3) is 0.444. The third kappa shape index (κ3) is 3.97. The average molecular weight is 347 g/mol. The lowest BCUT2D eigenvalue weighted by molar-refractivity contribution is 0.0687. The lowest BCUT2D eigenvalue weighted by Gasteiger charge is -2.31. The number of nitrogens with zero attached hydrogens (tertiary/aromatic N) is 3. The van der Waals surface area contributed by atoms with Gasteiger partial charge in [0.25, 0.3) is 5.91 Å². The van der Waals surface area contributed by atoms with Crippen molar-refractivity contribution >= 4 is 17.5 Å². The van der Waals surface area contributed by atoms with E-state index in [1.165, 1.54) is 6.42 Å². The van der Waals surface area contributed by atoms with Crippen LogP contribution in [0.1, 0.15) is 29.6 Å². The summed E-state index contributed by atoms with van der Waals surface area (Å²) in [4.78, 5) is 14.6. The third-order valence-electron chi connectivity index (χ3n) is 4.61. The fourth-order valence-corrected chi connectivity index (χ4v) is 3.33. The number of carbonyl (C=O) groups excluding carboxylic acids is 1. The number of rotatable bonds is 5. The number of piperidine rings is 1. The van der Waals surface area contributed by atoms with Crippen LogP contribution in [0.5, 0.6) is 0 Å². The topological polar surface area (TPSA) is 50.2 Å². The van der Waals surface area contributed by atoms with Gasteiger partial charge in [-0.1, -0.05) is 17.7 Å². The van der Waals surface area contributed by atoms with Gasteiger partial charge in [-0.3, -0.25) is 4.79 Å². The normalized spacial score (nSPS) is 15.7. The Bertz CT molecular complexity index is 692. The van der Waals surface area contributed by atoms with Gasteiger partial charge in [-0.15, -0.1) is 0 Å². The second kappa shape index (κ2) is 7.81. The van der Waals surface area contributed by atoms with Crippen molar-refractivity contribution in [1.29, 1.82) is 0 Å². The smallest absolute Gasteiger partial charge is 0.257 e. The lowest BCUT2D eigenvalue weighted by Crippen LogP contribution is -2.38. The van der Waals surface area contributed by atoms with Crippen molar-refractivity contribution in [1.82, 2.24) is 20.0 Å². The molecule has 128 valence electrons. The first kappa shape index (κ1) is 17.0. The highest BCUT2D eigenvalue weighted by atomic mass is 35.5. The summed E-state index contributed by atoms with van der Waals surface area (Å²) in [6.07, 6.45) is 6.76. The van der Waals surface area contributed by atoms with E-state index in [9.17, 15) is 4.79 Å². The molecule has 1 aromatic heterocycles. The van der Waals surface area contributed by atoms with E-state index in [1.54, 1.807) is 17.1 Å². The highest BCUT2D eigenvalue weighted by Crippen LogP contribution is 2.22. The van der Waals surface area contributed by atoms with Crippen molar-refractivity contribution in [3.8, 4) is 5.69 Å². The van der Waals surface area contributed by atoms with Crippen LogP contribution in [0.25, 0.3) is 5.69 Å². The number of benzene rings is 1. The molecule has 1 aromatic carbocycles. The predicted molar refractivity (Wildman–Crippen MR) is 95.7 cm³/mol. The molecule has 5 nitrogen and oxygen atoms in total. The first-order valence-electron chi connectivity index (χ1n) is 8.42. The Morgan fingerprint density at radius 1 is 1.38 bits per heavy atom. The molecular formula is C18H23ClN4O. The highest BCUT2D eigenvalue weighted by molar-refractivity contribution is 6.30. The van der Waals surface area contributed by atoms with Crippen LogP contribution in [0.3, 0.4) is 0 Å². The molecule has 1 amide bonds. The Balaban J connectivity index is 1.62. The molecule has 1 aliphatic heterocycles. The summed E-state index contributed by atoms with van der Waals surface area (Å²) in [7, 11) is 1.98. The molecule has 0 aliphatic carbocycles. The fourth-order valence-electron chi connectivity index (χ4n) is 3.15. The average Bonchev–Trinajstić information content (AvgIpc) is 3.10. The van der Waals surface area contributed by atoms with Crippen molar-refractivity contribution in [3.63, 3.8) is 0 Å². The number of amides is 1. The van der Waals surface area contributed by atoms with Gasteiger partial charge >= 0.3 is 0 Å². The number of aromatic nitrogens is 2. The van der Waals surface area contributed by atoms with Crippen molar-refractivity contribution in [3.05, 3.63) is 47.2 Å². The molecule has 0 saturated carbocycles. The Morgan fingerprint density at radius 2 is 2.17 bits per heavy atom. The van der Waals surface area contributed by atoms with Crippen LogP contribution in [0.15, 0.2) is 36.7 Å². The molecule has 0 bridgehead atoms. The predicted octanol–water partition coefficient (Wildman–Crippen LogP) is 2.99. The maximum absolute atomic E-state index is 12.7. The summed E-state index contributed by atoms with van der Waals surface area (Å²) in [6, 6.07) is 7.44. The Hall–Kier alpha value is -1.85. The summed E-state index contributed by atoms with van der Waals surface area (Å²) >= 11 is 6.01. The van der Waals surface area contributed by atoms with E-state index >= 15 is 0 Å². The molecule has 3 rings (SSSR count). The second-order valence-electron chi connectivity index (χ2n) is 6.28. The summed E-state index contributed by atoms with van der Waals surface area (Å²) in [5.74, 6) is 0.783. The van der Waals surface area contributed by atoms with Gasteiger partial charge in [-0.2, -0.15) is 5.10 Å². The molecule has 1 aliphatic rings. The molecule has 1 fully saturated rings. The number of hydrogen-bond donors (Lipinski definition) is 1. The van der Waals surface area contributed by atoms with E-state index in [0.29, 0.717) is 10.6 Å². The summed E-state index contributed by atoms with van der Waals surface area (Å²) in [5, 5.41) is 8.15. The first-order valence-corrected chi connectivity index (χ1v) is 8.79. The van der Waals surface area contributed by atoms with Crippen LogP contribution in [0.4, 0.5) is 0 Å². The van der Waals surface area contributed by atoms with Crippen LogP contribution in [0, 0.1) is 5.92 Å². The van der Waals surface area contributed by atoms with Crippen LogP contribution < -0.4 is 5.32 Å². The van der Waals surface area contributed by atoms with Crippen molar-refractivity contribution in [2.24, 2.45) is 5.92 Å². The summed E-state index contributed by atoms with van der Waals surface area (Å²) < 4.78 is 1.69. The number of likely N-dealkylation sites (tertiary alicyclic amines) is 1. The van der Waals surface area contributed by atoms with Crippen LogP contribution in [0.2, 0.25) is 5.02 Å². The molecule has 2 heterocycles. The van der Waals surface area contributed by atoms with E-state index in [1.807, 2.05) is 36.2 Å². The van der Waals surface area contributed by atoms with E-state index in [-0.39, 0.29) is 5.91 Å². The highest BCUT2D eigenvalue weighted by Gasteiger charge is 2.24. The van der Waals surface area contributed by atoms with Gasteiger partial charge in [0.15, 0.2) is 0 Å². The van der Waals surface area contributed by atoms with Gasteiger partial charge < -0.3 is 10.2 Å². The second-order valence-corrected chi connectivity index (χ2v) is 6.72. The zero-order valence-electron chi connectivity index (χ0n) is 13.9. The van der Waals surface area contributed by atoms with Gasteiger partial charge in [-0.05, 0) is 57.0 Å². The maximum Gasteiger partial charge on any atom is 0.257 e. The summed E-state index contributed by atoms with van der Waals surface area (Å²) in [6.45, 7) is 2.70. The van der Waals surface area contributed by atoms with Crippen LogP contribution in [-0.4, -0.2) is 47.3 Å². The molecular weight excluding hydrogens is 324 g/mol. The molecule has 6 heteroatoms. The van der Waals surface area contributed by atoms with E-state index in [2.05, 4.69) is 10.4 Å². The Labute approximate surface area is 147 Å². The molecule has 0 unspecified atom stereocenters.